The highest BCUT2D eigenvalue weighted by Gasteiger charge is 2.19. The van der Waals surface area contributed by atoms with Gasteiger partial charge < -0.3 is 14.8 Å². The zero-order valence-corrected chi connectivity index (χ0v) is 8.64. The Morgan fingerprint density at radius 3 is 2.27 bits per heavy atom. The van der Waals surface area contributed by atoms with Crippen LogP contribution >= 0.6 is 23.2 Å². The largest absolute Gasteiger partial charge is 0.490 e. The summed E-state index contributed by atoms with van der Waals surface area (Å²) >= 11 is 11.1. The van der Waals surface area contributed by atoms with Gasteiger partial charge >= 0.3 is 13.7 Å². The van der Waals surface area contributed by atoms with Gasteiger partial charge in [0, 0.05) is 16.6 Å². The first-order valence-corrected chi connectivity index (χ1v) is 4.47. The second-order valence-corrected chi connectivity index (χ2v) is 3.37. The van der Waals surface area contributed by atoms with Crippen LogP contribution < -0.4 is 10.2 Å². The quantitative estimate of drug-likeness (QED) is 0.801. The van der Waals surface area contributed by atoms with Crippen molar-refractivity contribution in [2.75, 3.05) is 0 Å². The number of benzene rings is 1. The summed E-state index contributed by atoms with van der Waals surface area (Å²) in [7, 11) is -1.82. The van der Waals surface area contributed by atoms with Crippen LogP contribution in [0.3, 0.4) is 0 Å². The van der Waals surface area contributed by atoms with Gasteiger partial charge in [-0.1, -0.05) is 23.2 Å². The number of ether oxygens (including phenoxy) is 1. The van der Waals surface area contributed by atoms with Crippen molar-refractivity contribution in [2.24, 2.45) is 0 Å². The van der Waals surface area contributed by atoms with Crippen LogP contribution in [-0.4, -0.2) is 23.8 Å². The molecule has 0 aliphatic rings. The minimum Gasteiger partial charge on any atom is -0.433 e. The van der Waals surface area contributed by atoms with E-state index in [9.17, 15) is 8.78 Å². The van der Waals surface area contributed by atoms with E-state index in [1.165, 1.54) is 0 Å². The van der Waals surface area contributed by atoms with Gasteiger partial charge in [0.05, 0.1) is 5.02 Å². The summed E-state index contributed by atoms with van der Waals surface area (Å²) in [4.78, 5) is 0. The predicted octanol–water partition coefficient (Wildman–Crippen LogP) is 1.27. The van der Waals surface area contributed by atoms with Crippen molar-refractivity contribution in [3.8, 4) is 5.75 Å². The van der Waals surface area contributed by atoms with E-state index in [1.54, 1.807) is 0 Å². The highest BCUT2D eigenvalue weighted by atomic mass is 35.5. The lowest BCUT2D eigenvalue weighted by Crippen LogP contribution is -2.30. The molecule has 0 aliphatic heterocycles. The molecule has 1 aromatic carbocycles. The number of hydrogen-bond donors (Lipinski definition) is 2. The number of rotatable bonds is 3. The first-order valence-electron chi connectivity index (χ1n) is 3.71. The molecule has 0 saturated carbocycles. The molecule has 1 aromatic rings. The van der Waals surface area contributed by atoms with Crippen molar-refractivity contribution in [3.63, 3.8) is 0 Å². The molecule has 0 atom stereocenters. The Morgan fingerprint density at radius 1 is 1.20 bits per heavy atom. The van der Waals surface area contributed by atoms with E-state index < -0.39 is 13.7 Å². The first-order chi connectivity index (χ1) is 6.91. The van der Waals surface area contributed by atoms with Crippen molar-refractivity contribution < 1.29 is 23.6 Å². The monoisotopic (exact) mass is 256 g/mol. The summed E-state index contributed by atoms with van der Waals surface area (Å²) in [5, 5.41) is 17.4. The fraction of sp³-hybridized carbons (Fsp3) is 0.143. The zero-order chi connectivity index (χ0) is 11.6. The van der Waals surface area contributed by atoms with Crippen molar-refractivity contribution in [3.05, 3.63) is 22.2 Å². The molecule has 1 rings (SSSR count). The molecule has 8 heteroatoms. The van der Waals surface area contributed by atoms with Crippen molar-refractivity contribution >= 4 is 35.8 Å². The second-order valence-electron chi connectivity index (χ2n) is 2.56. The summed E-state index contributed by atoms with van der Waals surface area (Å²) < 4.78 is 27.8. The van der Waals surface area contributed by atoms with Gasteiger partial charge in [0.2, 0.25) is 0 Å². The molecule has 0 unspecified atom stereocenters. The summed E-state index contributed by atoms with van der Waals surface area (Å²) in [6.45, 7) is -3.02. The van der Waals surface area contributed by atoms with Gasteiger partial charge in [0.25, 0.3) is 0 Å². The molecule has 0 amide bonds. The predicted molar refractivity (Wildman–Crippen MR) is 52.9 cm³/mol. The van der Waals surface area contributed by atoms with Gasteiger partial charge in [-0.15, -0.1) is 0 Å². The van der Waals surface area contributed by atoms with Gasteiger partial charge in [0.1, 0.15) is 5.75 Å². The third-order valence-corrected chi connectivity index (χ3v) is 2.17. The molecule has 82 valence electrons. The number of hydrogen-bond acceptors (Lipinski definition) is 3. The lowest BCUT2D eigenvalue weighted by atomic mass is 9.80. The molecule has 0 radical (unpaired) electrons. The Labute approximate surface area is 94.3 Å². The highest BCUT2D eigenvalue weighted by molar-refractivity contribution is 6.63. The summed E-state index contributed by atoms with van der Waals surface area (Å²) in [6, 6.07) is 2.04. The van der Waals surface area contributed by atoms with Crippen LogP contribution in [0.25, 0.3) is 0 Å². The molecular formula is C7H5BCl2F2O3. The van der Waals surface area contributed by atoms with E-state index in [0.29, 0.717) is 0 Å². The van der Waals surface area contributed by atoms with E-state index >= 15 is 0 Å². The van der Waals surface area contributed by atoms with Gasteiger partial charge in [0.15, 0.2) is 0 Å². The SMILES string of the molecule is OB(O)c1cc(Cl)c(OC(F)F)cc1Cl. The normalized spacial score (nSPS) is 10.6. The lowest BCUT2D eigenvalue weighted by Gasteiger charge is -2.09. The average molecular weight is 257 g/mol. The average Bonchev–Trinajstić information content (AvgIpc) is 2.09. The standard InChI is InChI=1S/C7H5BCl2F2O3/c9-4-2-6(15-7(11)12)5(10)1-3(4)8(13)14/h1-2,7,13-14H. The first kappa shape index (κ1) is 12.5. The molecule has 0 aliphatic carbocycles. The fourth-order valence-corrected chi connectivity index (χ4v) is 1.40. The Hall–Kier alpha value is -0.555. The lowest BCUT2D eigenvalue weighted by molar-refractivity contribution is -0.0497. The van der Waals surface area contributed by atoms with Gasteiger partial charge in [-0.25, -0.2) is 0 Å². The van der Waals surface area contributed by atoms with Gasteiger partial charge in [-0.2, -0.15) is 8.78 Å². The molecule has 0 bridgehead atoms. The Kier molecular flexibility index (Phi) is 4.16. The van der Waals surface area contributed by atoms with Crippen LogP contribution in [0.5, 0.6) is 5.75 Å². The summed E-state index contributed by atoms with van der Waals surface area (Å²) in [5.41, 5.74) is -0.0803. The maximum Gasteiger partial charge on any atom is 0.490 e. The summed E-state index contributed by atoms with van der Waals surface area (Å²) in [5.74, 6) is -0.318. The maximum atomic E-state index is 11.9. The Bertz CT molecular complexity index is 362. The van der Waals surface area contributed by atoms with Gasteiger partial charge in [-0.3, -0.25) is 0 Å². The van der Waals surface area contributed by atoms with Crippen molar-refractivity contribution in [2.45, 2.75) is 6.61 Å². The molecule has 0 heterocycles. The van der Waals surface area contributed by atoms with Crippen molar-refractivity contribution in [1.82, 2.24) is 0 Å². The van der Waals surface area contributed by atoms with E-state index in [-0.39, 0.29) is 21.3 Å². The van der Waals surface area contributed by atoms with Crippen molar-refractivity contribution in [1.29, 1.82) is 0 Å². The molecule has 0 spiro atoms. The molecule has 0 aromatic heterocycles. The van der Waals surface area contributed by atoms with Crippen LogP contribution in [0.4, 0.5) is 8.78 Å². The van der Waals surface area contributed by atoms with E-state index in [4.69, 9.17) is 33.2 Å². The van der Waals surface area contributed by atoms with Crippen LogP contribution in [0.1, 0.15) is 0 Å². The Morgan fingerprint density at radius 2 is 1.80 bits per heavy atom. The van der Waals surface area contributed by atoms with E-state index in [1.807, 2.05) is 0 Å². The third-order valence-electron chi connectivity index (χ3n) is 1.55. The zero-order valence-electron chi connectivity index (χ0n) is 7.12. The number of alkyl halides is 2. The van der Waals surface area contributed by atoms with Crippen LogP contribution in [0.15, 0.2) is 12.1 Å². The molecular weight excluding hydrogens is 252 g/mol. The molecule has 0 fully saturated rings. The molecule has 3 nitrogen and oxygen atoms in total. The minimum absolute atomic E-state index is 0.0803. The topological polar surface area (TPSA) is 49.7 Å². The Balaban J connectivity index is 3.08. The summed E-state index contributed by atoms with van der Waals surface area (Å²) in [6.07, 6.45) is 0. The minimum atomic E-state index is -3.02. The fourth-order valence-electron chi connectivity index (χ4n) is 0.928. The molecule has 15 heavy (non-hydrogen) atoms. The van der Waals surface area contributed by atoms with Crippen LogP contribution in [0, 0.1) is 0 Å². The van der Waals surface area contributed by atoms with Crippen LogP contribution in [-0.2, 0) is 0 Å². The van der Waals surface area contributed by atoms with Gasteiger partial charge in [-0.05, 0) is 6.07 Å². The van der Waals surface area contributed by atoms with E-state index in [2.05, 4.69) is 4.74 Å². The smallest absolute Gasteiger partial charge is 0.433 e. The second kappa shape index (κ2) is 4.98. The van der Waals surface area contributed by atoms with E-state index in [0.717, 1.165) is 12.1 Å². The third kappa shape index (κ3) is 3.20. The highest BCUT2D eigenvalue weighted by Crippen LogP contribution is 2.28. The number of halogens is 4. The molecule has 2 N–H and O–H groups in total. The molecule has 0 saturated heterocycles. The van der Waals surface area contributed by atoms with Crippen LogP contribution in [0.2, 0.25) is 10.0 Å². The maximum absolute atomic E-state index is 11.9.